The van der Waals surface area contributed by atoms with Crippen molar-refractivity contribution in [2.75, 3.05) is 62.4 Å². The molecule has 21 nitrogen and oxygen atoms in total. The predicted octanol–water partition coefficient (Wildman–Crippen LogP) is 5.98. The summed E-state index contributed by atoms with van der Waals surface area (Å²) in [6.45, 7) is 35.1. The molecular formula is C66H118N10O11. The van der Waals surface area contributed by atoms with Crippen molar-refractivity contribution in [3.63, 3.8) is 0 Å². The molecule has 1 aliphatic heterocycles. The van der Waals surface area contributed by atoms with Gasteiger partial charge in [0.05, 0.1) is 24.7 Å². The first-order chi connectivity index (χ1) is 40.2. The Labute approximate surface area is 523 Å². The van der Waals surface area contributed by atoms with Gasteiger partial charge in [0.1, 0.15) is 36.3 Å². The van der Waals surface area contributed by atoms with Gasteiger partial charge in [0.2, 0.25) is 53.2 Å². The molecule has 0 saturated carbocycles. The number of nitrogens with zero attached hydrogens (tertiary/aromatic N) is 7. The average molecular weight is 1230 g/mol. The highest BCUT2D eigenvalue weighted by Crippen LogP contribution is 2.28. The Bertz CT molecular complexity index is 2360. The van der Waals surface area contributed by atoms with E-state index in [2.05, 4.69) is 22.5 Å². The normalized spacial score (nSPS) is 26.9. The minimum atomic E-state index is -1.45. The first kappa shape index (κ1) is 79.2. The van der Waals surface area contributed by atoms with Crippen molar-refractivity contribution in [3.8, 4) is 0 Å². The van der Waals surface area contributed by atoms with Crippen molar-refractivity contribution >= 4 is 58.9 Å². The lowest BCUT2D eigenvalue weighted by Crippen LogP contribution is -2.62. The van der Waals surface area contributed by atoms with Gasteiger partial charge in [-0.3, -0.25) is 47.9 Å². The number of ketones is 1. The second-order valence-electron chi connectivity index (χ2n) is 27.3. The molecule has 0 aromatic rings. The van der Waals surface area contributed by atoms with Gasteiger partial charge in [-0.15, -0.1) is 0 Å². The molecule has 1 saturated heterocycles. The van der Waals surface area contributed by atoms with E-state index in [1.54, 1.807) is 41.7 Å². The lowest BCUT2D eigenvalue weighted by Gasteiger charge is -2.41. The zero-order chi connectivity index (χ0) is 67.4. The molecule has 498 valence electrons. The predicted molar refractivity (Wildman–Crippen MR) is 343 cm³/mol. The molecule has 0 bridgehead atoms. The molecule has 87 heavy (non-hydrogen) atoms. The van der Waals surface area contributed by atoms with Crippen LogP contribution < -0.4 is 16.0 Å². The average Bonchev–Trinajstić information content (AvgIpc) is 1.65. The number of aliphatic hydroxyl groups excluding tert-OH is 1. The smallest absolute Gasteiger partial charge is 0.246 e. The Balaban J connectivity index is 4.21. The maximum Gasteiger partial charge on any atom is 0.246 e. The van der Waals surface area contributed by atoms with Crippen LogP contribution in [0.25, 0.3) is 0 Å². The highest BCUT2D eigenvalue weighted by atomic mass is 16.3. The van der Waals surface area contributed by atoms with Crippen molar-refractivity contribution in [2.45, 2.75) is 224 Å². The summed E-state index contributed by atoms with van der Waals surface area (Å²) in [5, 5.41) is 21.0. The molecule has 1 fully saturated rings. The molecule has 0 radical (unpaired) electrons. The Kier molecular flexibility index (Phi) is 33.3. The largest absolute Gasteiger partial charge is 0.390 e. The van der Waals surface area contributed by atoms with Gasteiger partial charge in [-0.2, -0.15) is 0 Å². The number of hydrogen-bond donors (Lipinski definition) is 4. The molecule has 1 aliphatic rings. The Morgan fingerprint density at radius 2 is 1.00 bits per heavy atom. The number of amides is 9. The third-order valence-electron chi connectivity index (χ3n) is 17.2. The topological polar surface area (TPSA) is 250 Å². The lowest BCUT2D eigenvalue weighted by atomic mass is 9.85. The maximum absolute atomic E-state index is 15.1. The second-order valence-corrected chi connectivity index (χ2v) is 27.3. The number of carbonyl (C=O) groups excluding carboxylic acids is 10. The zero-order valence-electron chi connectivity index (χ0n) is 58.0. The monoisotopic (exact) mass is 1230 g/mol. The van der Waals surface area contributed by atoms with Crippen LogP contribution in [0.5, 0.6) is 0 Å². The quantitative estimate of drug-likeness (QED) is 0.138. The van der Waals surface area contributed by atoms with E-state index < -0.39 is 125 Å². The van der Waals surface area contributed by atoms with Crippen LogP contribution in [-0.2, 0) is 47.9 Å². The summed E-state index contributed by atoms with van der Waals surface area (Å²) < 4.78 is 0. The number of nitrogens with one attached hydrogen (secondary N) is 3. The highest BCUT2D eigenvalue weighted by Gasteiger charge is 2.45. The summed E-state index contributed by atoms with van der Waals surface area (Å²) in [5.41, 5.74) is 0.280. The van der Waals surface area contributed by atoms with Crippen LogP contribution in [0.1, 0.15) is 169 Å². The Hall–Kier alpha value is -5.86. The van der Waals surface area contributed by atoms with Crippen LogP contribution in [0.4, 0.5) is 0 Å². The fourth-order valence-electron chi connectivity index (χ4n) is 11.5. The summed E-state index contributed by atoms with van der Waals surface area (Å²) in [7, 11) is 10.5. The van der Waals surface area contributed by atoms with Gasteiger partial charge >= 0.3 is 0 Å². The molecule has 0 spiro atoms. The molecule has 0 aromatic heterocycles. The molecular weight excluding hydrogens is 1110 g/mol. The number of Topliss-reactive ketones (excluding diaryl/α,β-unsaturated/α-hetero) is 1. The van der Waals surface area contributed by atoms with Crippen LogP contribution >= 0.6 is 0 Å². The van der Waals surface area contributed by atoms with Crippen molar-refractivity contribution < 1.29 is 53.1 Å². The minimum absolute atomic E-state index is 0.0380. The van der Waals surface area contributed by atoms with Crippen molar-refractivity contribution in [3.05, 3.63) is 24.4 Å². The van der Waals surface area contributed by atoms with E-state index in [0.29, 0.717) is 12.8 Å². The van der Waals surface area contributed by atoms with E-state index in [4.69, 9.17) is 0 Å². The fourth-order valence-corrected chi connectivity index (χ4v) is 11.5. The van der Waals surface area contributed by atoms with E-state index in [9.17, 15) is 38.7 Å². The van der Waals surface area contributed by atoms with Gasteiger partial charge in [0.15, 0.2) is 5.78 Å². The Morgan fingerprint density at radius 3 is 1.47 bits per heavy atom. The van der Waals surface area contributed by atoms with E-state index >= 15 is 14.4 Å². The van der Waals surface area contributed by atoms with Crippen molar-refractivity contribution in [1.29, 1.82) is 0 Å². The van der Waals surface area contributed by atoms with E-state index in [1.807, 2.05) is 95.2 Å². The standard InChI is InChI=1S/C66H118N10O11/c1-26-28-29-44(15)58(79)57-60(81)67-31-30-48(27-2)62(83)70(19)37-55(78)71(20)50(32-38(3)4)54(77)36-49(42(11)12)63(84)72(21)51(33-39(5)6)59(80)69-46(17)45(16)68-47(18)61(82)73(22)52(34-40(7)8)64(85)74(23)53(35-41(9)10)65(86)75(24)56(43(13)14)66(87)76(57)25/h26,28,38-44,46-53,56-58,68,79H,16,27,29-37H2,1-15,17-25H3,(H,67,81)(H,69,80)/b28-26+/t44-,46+,47-,48-,49+,50+,51+,52+,53+,56+,57+,58-/m1/s1. The molecule has 1 rings (SSSR count). The highest BCUT2D eigenvalue weighted by molar-refractivity contribution is 5.97. The second kappa shape index (κ2) is 36.6. The zero-order valence-corrected chi connectivity index (χ0v) is 58.0. The number of rotatable bonds is 15. The van der Waals surface area contributed by atoms with Gasteiger partial charge in [0, 0.05) is 79.8 Å². The first-order valence-electron chi connectivity index (χ1n) is 31.9. The van der Waals surface area contributed by atoms with Crippen molar-refractivity contribution in [2.24, 2.45) is 53.3 Å². The van der Waals surface area contributed by atoms with Gasteiger partial charge in [-0.05, 0) is 107 Å². The number of hydrogen-bond acceptors (Lipinski definition) is 12. The van der Waals surface area contributed by atoms with Crippen LogP contribution in [0.2, 0.25) is 0 Å². The molecule has 0 aromatic carbocycles. The Morgan fingerprint density at radius 1 is 0.540 bits per heavy atom. The van der Waals surface area contributed by atoms with Gasteiger partial charge in [-0.25, -0.2) is 0 Å². The molecule has 21 heteroatoms. The fraction of sp³-hybridized carbons (Fsp3) is 0.788. The summed E-state index contributed by atoms with van der Waals surface area (Å²) in [6.07, 6.45) is 3.92. The van der Waals surface area contributed by atoms with E-state index in [0.717, 1.165) is 0 Å². The number of carbonyl (C=O) groups is 10. The number of likely N-dealkylation sites (N-methyl/N-ethyl adjacent to an activating group) is 7. The van der Waals surface area contributed by atoms with Crippen LogP contribution in [0.15, 0.2) is 24.4 Å². The van der Waals surface area contributed by atoms with Gasteiger partial charge < -0.3 is 55.4 Å². The third-order valence-corrected chi connectivity index (χ3v) is 17.2. The maximum atomic E-state index is 15.1. The van der Waals surface area contributed by atoms with Crippen LogP contribution in [0, 0.1) is 53.3 Å². The van der Waals surface area contributed by atoms with Gasteiger partial charge in [-0.1, -0.05) is 116 Å². The molecule has 1 heterocycles. The molecule has 0 aliphatic carbocycles. The summed E-state index contributed by atoms with van der Waals surface area (Å²) in [4.78, 5) is 156. The first-order valence-corrected chi connectivity index (χ1v) is 31.9. The SMILES string of the molecule is C=C1N[C@H](C)C(=O)N(C)[C@@H](CC(C)C)C(=O)N(C)[C@@H](CC(C)C)C(=O)N(C)[C@@H](C(C)C)C(=O)N(C)[C@@H]([C@H](O)[C@H](C)C/C=C/C)C(=O)NCC[C@@H](CC)C(=O)N(C)CC(=O)N(C)[C@@H](CC(C)C)C(=O)C[C@@H](C(C)C)C(=O)N(C)[C@@H](CC(C)C)C(=O)N[C@H]1C. The number of allylic oxidation sites excluding steroid dienone is 2. The lowest BCUT2D eigenvalue weighted by molar-refractivity contribution is -0.157. The van der Waals surface area contributed by atoms with E-state index in [-0.39, 0.29) is 98.6 Å². The third kappa shape index (κ3) is 22.9. The van der Waals surface area contributed by atoms with Gasteiger partial charge in [0.25, 0.3) is 0 Å². The minimum Gasteiger partial charge on any atom is -0.390 e. The summed E-state index contributed by atoms with van der Waals surface area (Å²) in [6, 6.07) is -8.40. The summed E-state index contributed by atoms with van der Waals surface area (Å²) in [5.74, 6) is -8.14. The molecule has 4 N–H and O–H groups in total. The van der Waals surface area contributed by atoms with Crippen LogP contribution in [-0.4, -0.2) is 215 Å². The number of aliphatic hydroxyl groups is 1. The molecule has 12 atom stereocenters. The molecule has 9 amide bonds. The summed E-state index contributed by atoms with van der Waals surface area (Å²) >= 11 is 0. The van der Waals surface area contributed by atoms with Crippen molar-refractivity contribution in [1.82, 2.24) is 50.2 Å². The van der Waals surface area contributed by atoms with E-state index in [1.165, 1.54) is 76.6 Å². The molecule has 0 unspecified atom stereocenters. The van der Waals surface area contributed by atoms with Crippen LogP contribution in [0.3, 0.4) is 0 Å².